The average Bonchev–Trinajstić information content (AvgIpc) is 2.49. The van der Waals surface area contributed by atoms with Crippen molar-refractivity contribution < 1.29 is 24.2 Å². The van der Waals surface area contributed by atoms with Crippen molar-refractivity contribution >= 4 is 12.1 Å². The molecule has 0 bridgehead atoms. The molecule has 0 radical (unpaired) electrons. The van der Waals surface area contributed by atoms with Crippen LogP contribution in [0, 0.1) is 5.92 Å². The van der Waals surface area contributed by atoms with E-state index in [1.54, 1.807) is 27.7 Å². The van der Waals surface area contributed by atoms with Crippen LogP contribution in [0.15, 0.2) is 0 Å². The number of nitrogens with zero attached hydrogens (tertiary/aromatic N) is 1. The number of carbonyl (C=O) groups is 2. The molecule has 0 aromatic rings. The molecule has 1 N–H and O–H groups in total. The number of ether oxygens (including phenoxy) is 2. The Morgan fingerprint density at radius 1 is 1.25 bits per heavy atom. The first kappa shape index (κ1) is 16.8. The molecule has 0 spiro atoms. The van der Waals surface area contributed by atoms with Gasteiger partial charge in [-0.25, -0.2) is 4.79 Å². The van der Waals surface area contributed by atoms with Crippen LogP contribution >= 0.6 is 0 Å². The fraction of sp³-hybridized carbons (Fsp3) is 0.857. The molecule has 1 rings (SSSR count). The molecule has 20 heavy (non-hydrogen) atoms. The molecule has 0 saturated carbocycles. The second-order valence-corrected chi connectivity index (χ2v) is 5.97. The van der Waals surface area contributed by atoms with Gasteiger partial charge >= 0.3 is 12.1 Å². The summed E-state index contributed by atoms with van der Waals surface area (Å²) < 4.78 is 10.3. The van der Waals surface area contributed by atoms with E-state index in [0.717, 1.165) is 0 Å². The smallest absolute Gasteiger partial charge is 0.410 e. The molecule has 0 aromatic carbocycles. The topological polar surface area (TPSA) is 76.1 Å². The predicted molar refractivity (Wildman–Crippen MR) is 73.2 cm³/mol. The SMILES string of the molecule is CCOC(=O)[C@@H]1CCN(C(=O)OC(C)(C)C)CC[C@@H]1O. The normalized spacial score (nSPS) is 23.9. The largest absolute Gasteiger partial charge is 0.466 e. The fourth-order valence-electron chi connectivity index (χ4n) is 2.12. The van der Waals surface area contributed by atoms with Crippen LogP contribution in [0.4, 0.5) is 4.79 Å². The summed E-state index contributed by atoms with van der Waals surface area (Å²) in [6.07, 6.45) is -0.446. The number of rotatable bonds is 2. The highest BCUT2D eigenvalue weighted by molar-refractivity contribution is 5.73. The monoisotopic (exact) mass is 287 g/mol. The van der Waals surface area contributed by atoms with Crippen molar-refractivity contribution in [2.24, 2.45) is 5.92 Å². The molecule has 1 aliphatic rings. The van der Waals surface area contributed by atoms with Gasteiger partial charge in [0.05, 0.1) is 18.6 Å². The lowest BCUT2D eigenvalue weighted by Gasteiger charge is -2.26. The van der Waals surface area contributed by atoms with Crippen LogP contribution < -0.4 is 0 Å². The van der Waals surface area contributed by atoms with Crippen LogP contribution in [0.1, 0.15) is 40.5 Å². The van der Waals surface area contributed by atoms with Gasteiger partial charge in [-0.3, -0.25) is 4.79 Å². The van der Waals surface area contributed by atoms with Crippen molar-refractivity contribution in [2.45, 2.75) is 52.2 Å². The number of esters is 1. The zero-order valence-electron chi connectivity index (χ0n) is 12.7. The maximum Gasteiger partial charge on any atom is 0.410 e. The third kappa shape index (κ3) is 5.00. The zero-order chi connectivity index (χ0) is 15.3. The van der Waals surface area contributed by atoms with Gasteiger partial charge in [0.25, 0.3) is 0 Å². The Hall–Kier alpha value is -1.30. The van der Waals surface area contributed by atoms with Crippen molar-refractivity contribution in [2.75, 3.05) is 19.7 Å². The second-order valence-electron chi connectivity index (χ2n) is 5.97. The van der Waals surface area contributed by atoms with E-state index in [9.17, 15) is 14.7 Å². The second kappa shape index (κ2) is 6.92. The molecule has 1 amide bonds. The summed E-state index contributed by atoms with van der Waals surface area (Å²) >= 11 is 0. The molecule has 6 heteroatoms. The lowest BCUT2D eigenvalue weighted by molar-refractivity contribution is -0.152. The van der Waals surface area contributed by atoms with E-state index >= 15 is 0 Å². The van der Waals surface area contributed by atoms with Crippen molar-refractivity contribution in [1.29, 1.82) is 0 Å². The molecule has 1 aliphatic heterocycles. The van der Waals surface area contributed by atoms with Gasteiger partial charge in [0, 0.05) is 13.1 Å². The third-order valence-electron chi connectivity index (χ3n) is 3.11. The van der Waals surface area contributed by atoms with E-state index in [1.165, 1.54) is 4.90 Å². The Kier molecular flexibility index (Phi) is 5.80. The molecule has 1 heterocycles. The van der Waals surface area contributed by atoms with Gasteiger partial charge in [-0.2, -0.15) is 0 Å². The molecule has 0 aromatic heterocycles. The number of hydrogen-bond donors (Lipinski definition) is 1. The van der Waals surface area contributed by atoms with Crippen molar-refractivity contribution in [3.63, 3.8) is 0 Å². The zero-order valence-corrected chi connectivity index (χ0v) is 12.7. The Morgan fingerprint density at radius 3 is 2.40 bits per heavy atom. The summed E-state index contributed by atoms with van der Waals surface area (Å²) in [5.74, 6) is -0.964. The van der Waals surface area contributed by atoms with Crippen molar-refractivity contribution in [3.05, 3.63) is 0 Å². The van der Waals surface area contributed by atoms with Crippen LogP contribution in [0.5, 0.6) is 0 Å². The molecule has 6 nitrogen and oxygen atoms in total. The van der Waals surface area contributed by atoms with Gasteiger partial charge < -0.3 is 19.5 Å². The summed E-state index contributed by atoms with van der Waals surface area (Å²) in [5.41, 5.74) is -0.553. The van der Waals surface area contributed by atoms with E-state index in [0.29, 0.717) is 25.9 Å². The van der Waals surface area contributed by atoms with Gasteiger partial charge in [0.15, 0.2) is 0 Å². The van der Waals surface area contributed by atoms with E-state index in [1.807, 2.05) is 0 Å². The molecule has 2 atom stereocenters. The van der Waals surface area contributed by atoms with E-state index in [4.69, 9.17) is 9.47 Å². The van der Waals surface area contributed by atoms with Crippen LogP contribution in [-0.2, 0) is 14.3 Å². The molecule has 1 saturated heterocycles. The number of aliphatic hydroxyl groups is 1. The van der Waals surface area contributed by atoms with Gasteiger partial charge in [-0.1, -0.05) is 0 Å². The summed E-state index contributed by atoms with van der Waals surface area (Å²) in [4.78, 5) is 25.3. The number of carbonyl (C=O) groups excluding carboxylic acids is 2. The average molecular weight is 287 g/mol. The summed E-state index contributed by atoms with van der Waals surface area (Å²) in [7, 11) is 0. The Balaban J connectivity index is 2.61. The summed E-state index contributed by atoms with van der Waals surface area (Å²) in [5, 5.41) is 10.00. The lowest BCUT2D eigenvalue weighted by atomic mass is 9.98. The standard InChI is InChI=1S/C14H25NO5/c1-5-19-12(17)10-6-8-15(9-7-11(10)16)13(18)20-14(2,3)4/h10-11,16H,5-9H2,1-4H3/t10-,11+/m1/s1. The molecule has 116 valence electrons. The third-order valence-corrected chi connectivity index (χ3v) is 3.11. The maximum atomic E-state index is 12.0. The summed E-state index contributed by atoms with van der Waals surface area (Å²) in [6.45, 7) is 8.20. The highest BCUT2D eigenvalue weighted by Crippen LogP contribution is 2.21. The van der Waals surface area contributed by atoms with Gasteiger partial charge in [0.2, 0.25) is 0 Å². The number of aliphatic hydroxyl groups excluding tert-OH is 1. The first-order valence-corrected chi connectivity index (χ1v) is 7.07. The first-order valence-electron chi connectivity index (χ1n) is 7.07. The molecule has 0 aliphatic carbocycles. The Bertz CT molecular complexity index is 350. The van der Waals surface area contributed by atoms with E-state index < -0.39 is 29.7 Å². The van der Waals surface area contributed by atoms with Gasteiger partial charge in [-0.15, -0.1) is 0 Å². The molecular formula is C14H25NO5. The lowest BCUT2D eigenvalue weighted by Crippen LogP contribution is -2.37. The number of amides is 1. The fourth-order valence-corrected chi connectivity index (χ4v) is 2.12. The molecule has 0 unspecified atom stereocenters. The highest BCUT2D eigenvalue weighted by atomic mass is 16.6. The van der Waals surface area contributed by atoms with Gasteiger partial charge in [0.1, 0.15) is 5.60 Å². The minimum Gasteiger partial charge on any atom is -0.466 e. The Morgan fingerprint density at radius 2 is 1.85 bits per heavy atom. The quantitative estimate of drug-likeness (QED) is 0.780. The minimum absolute atomic E-state index is 0.290. The summed E-state index contributed by atoms with van der Waals surface area (Å²) in [6, 6.07) is 0. The van der Waals surface area contributed by atoms with Crippen molar-refractivity contribution in [1.82, 2.24) is 4.90 Å². The van der Waals surface area contributed by atoms with Crippen molar-refractivity contribution in [3.8, 4) is 0 Å². The predicted octanol–water partition coefficient (Wildman–Crippen LogP) is 1.56. The van der Waals surface area contributed by atoms with Crippen LogP contribution in [-0.4, -0.2) is 53.5 Å². The molecule has 1 fully saturated rings. The van der Waals surface area contributed by atoms with E-state index in [2.05, 4.69) is 0 Å². The van der Waals surface area contributed by atoms with Crippen LogP contribution in [0.2, 0.25) is 0 Å². The highest BCUT2D eigenvalue weighted by Gasteiger charge is 2.33. The minimum atomic E-state index is -0.776. The first-order chi connectivity index (χ1) is 9.24. The van der Waals surface area contributed by atoms with Gasteiger partial charge in [-0.05, 0) is 40.5 Å². The Labute approximate surface area is 120 Å². The van der Waals surface area contributed by atoms with Crippen LogP contribution in [0.25, 0.3) is 0 Å². The number of likely N-dealkylation sites (tertiary alicyclic amines) is 1. The van der Waals surface area contributed by atoms with Crippen LogP contribution in [0.3, 0.4) is 0 Å². The molecular weight excluding hydrogens is 262 g/mol. The maximum absolute atomic E-state index is 12.0. The van der Waals surface area contributed by atoms with E-state index in [-0.39, 0.29) is 6.61 Å². The number of hydrogen-bond acceptors (Lipinski definition) is 5.